The molecule has 4 rings (SSSR count). The van der Waals surface area contributed by atoms with Crippen LogP contribution in [0, 0.1) is 0 Å². The van der Waals surface area contributed by atoms with Gasteiger partial charge in [0.05, 0.1) is 24.2 Å². The molecule has 0 radical (unpaired) electrons. The SMILES string of the molecule is COCCn1c(=O)n(C)c(=O)c2ccc([C@H]3CCCN(Cc4ccccn4)C3)nc21. The van der Waals surface area contributed by atoms with Crippen molar-refractivity contribution in [2.45, 2.75) is 31.8 Å². The van der Waals surface area contributed by atoms with Crippen LogP contribution < -0.4 is 11.2 Å². The number of aromatic nitrogens is 4. The molecule has 0 amide bonds. The fraction of sp³-hybridized carbons (Fsp3) is 0.455. The fourth-order valence-corrected chi connectivity index (χ4v) is 4.15. The molecule has 1 fully saturated rings. The number of piperidine rings is 1. The van der Waals surface area contributed by atoms with Crippen LogP contribution in [0.25, 0.3) is 11.0 Å². The molecule has 0 aliphatic carbocycles. The molecule has 0 N–H and O–H groups in total. The van der Waals surface area contributed by atoms with Crippen molar-refractivity contribution in [1.29, 1.82) is 0 Å². The highest BCUT2D eigenvalue weighted by Gasteiger charge is 2.24. The van der Waals surface area contributed by atoms with E-state index in [9.17, 15) is 9.59 Å². The molecule has 4 heterocycles. The highest BCUT2D eigenvalue weighted by molar-refractivity contribution is 5.74. The summed E-state index contributed by atoms with van der Waals surface area (Å²) in [4.78, 5) is 36.9. The van der Waals surface area contributed by atoms with Gasteiger partial charge < -0.3 is 4.74 Å². The Labute approximate surface area is 174 Å². The van der Waals surface area contributed by atoms with Gasteiger partial charge in [0.2, 0.25) is 0 Å². The van der Waals surface area contributed by atoms with Crippen molar-refractivity contribution in [2.24, 2.45) is 7.05 Å². The second-order valence-electron chi connectivity index (χ2n) is 7.79. The number of nitrogens with zero attached hydrogens (tertiary/aromatic N) is 5. The molecule has 8 heteroatoms. The molecule has 1 saturated heterocycles. The first-order valence-electron chi connectivity index (χ1n) is 10.3. The molecule has 1 aliphatic heterocycles. The monoisotopic (exact) mass is 409 g/mol. The largest absolute Gasteiger partial charge is 0.383 e. The molecule has 0 spiro atoms. The second kappa shape index (κ2) is 8.89. The van der Waals surface area contributed by atoms with E-state index >= 15 is 0 Å². The van der Waals surface area contributed by atoms with Gasteiger partial charge in [-0.3, -0.25) is 23.8 Å². The Hall–Kier alpha value is -2.84. The third-order valence-corrected chi connectivity index (χ3v) is 5.76. The molecule has 158 valence electrons. The number of rotatable bonds is 6. The Morgan fingerprint density at radius 1 is 1.20 bits per heavy atom. The van der Waals surface area contributed by atoms with E-state index in [0.717, 1.165) is 48.4 Å². The first kappa shape index (κ1) is 20.4. The zero-order valence-electron chi connectivity index (χ0n) is 17.5. The van der Waals surface area contributed by atoms with Crippen molar-refractivity contribution in [2.75, 3.05) is 26.8 Å². The highest BCUT2D eigenvalue weighted by atomic mass is 16.5. The Balaban J connectivity index is 1.66. The number of hydrogen-bond acceptors (Lipinski definition) is 6. The maximum Gasteiger partial charge on any atom is 0.332 e. The van der Waals surface area contributed by atoms with Crippen LogP contribution in [-0.4, -0.2) is 50.8 Å². The van der Waals surface area contributed by atoms with Crippen molar-refractivity contribution in [3.8, 4) is 0 Å². The molecule has 0 saturated carbocycles. The Bertz CT molecular complexity index is 1140. The van der Waals surface area contributed by atoms with Gasteiger partial charge in [-0.05, 0) is 43.7 Å². The minimum Gasteiger partial charge on any atom is -0.383 e. The molecule has 0 bridgehead atoms. The number of fused-ring (bicyclic) bond motifs is 1. The zero-order chi connectivity index (χ0) is 21.1. The molecule has 30 heavy (non-hydrogen) atoms. The first-order chi connectivity index (χ1) is 14.6. The van der Waals surface area contributed by atoms with E-state index < -0.39 is 0 Å². The Morgan fingerprint density at radius 3 is 2.83 bits per heavy atom. The van der Waals surface area contributed by atoms with E-state index in [-0.39, 0.29) is 17.2 Å². The van der Waals surface area contributed by atoms with E-state index in [1.54, 1.807) is 13.2 Å². The maximum absolute atomic E-state index is 12.7. The van der Waals surface area contributed by atoms with Crippen LogP contribution >= 0.6 is 0 Å². The summed E-state index contributed by atoms with van der Waals surface area (Å²) in [6.45, 7) is 3.44. The minimum absolute atomic E-state index is 0.252. The lowest BCUT2D eigenvalue weighted by molar-refractivity contribution is 0.186. The number of methoxy groups -OCH3 is 1. The smallest absolute Gasteiger partial charge is 0.332 e. The van der Waals surface area contributed by atoms with Crippen LogP contribution in [0.3, 0.4) is 0 Å². The van der Waals surface area contributed by atoms with E-state index in [4.69, 9.17) is 9.72 Å². The summed E-state index contributed by atoms with van der Waals surface area (Å²) < 4.78 is 7.82. The van der Waals surface area contributed by atoms with Gasteiger partial charge in [0, 0.05) is 45.1 Å². The van der Waals surface area contributed by atoms with Gasteiger partial charge in [0.1, 0.15) is 5.65 Å². The number of pyridine rings is 2. The van der Waals surface area contributed by atoms with Crippen molar-refractivity contribution in [3.05, 3.63) is 68.8 Å². The fourth-order valence-electron chi connectivity index (χ4n) is 4.15. The topological polar surface area (TPSA) is 82.2 Å². The number of ether oxygens (including phenoxy) is 1. The van der Waals surface area contributed by atoms with Crippen LogP contribution in [-0.2, 0) is 24.9 Å². The van der Waals surface area contributed by atoms with E-state index in [1.165, 1.54) is 11.6 Å². The summed E-state index contributed by atoms with van der Waals surface area (Å²) >= 11 is 0. The standard InChI is InChI=1S/C22H27N5O3/c1-25-21(28)18-8-9-19(24-20(18)27(22(25)29)12-13-30-2)16-6-5-11-26(14-16)15-17-7-3-4-10-23-17/h3-4,7-10,16H,5-6,11-15H2,1-2H3/t16-/m0/s1. The van der Waals surface area contributed by atoms with Gasteiger partial charge in [-0.15, -0.1) is 0 Å². The molecule has 0 unspecified atom stereocenters. The highest BCUT2D eigenvalue weighted by Crippen LogP contribution is 2.27. The van der Waals surface area contributed by atoms with Gasteiger partial charge in [-0.2, -0.15) is 0 Å². The summed E-state index contributed by atoms with van der Waals surface area (Å²) in [5, 5.41) is 0.457. The minimum atomic E-state index is -0.366. The third kappa shape index (κ3) is 4.06. The quantitative estimate of drug-likeness (QED) is 0.614. The van der Waals surface area contributed by atoms with Crippen molar-refractivity contribution in [3.63, 3.8) is 0 Å². The molecule has 1 atom stereocenters. The third-order valence-electron chi connectivity index (χ3n) is 5.76. The second-order valence-corrected chi connectivity index (χ2v) is 7.79. The zero-order valence-corrected chi connectivity index (χ0v) is 17.5. The summed E-state index contributed by atoms with van der Waals surface area (Å²) in [6, 6.07) is 9.72. The molecular weight excluding hydrogens is 382 g/mol. The van der Waals surface area contributed by atoms with Gasteiger partial charge >= 0.3 is 5.69 Å². The van der Waals surface area contributed by atoms with E-state index in [2.05, 4.69) is 9.88 Å². The maximum atomic E-state index is 12.7. The van der Waals surface area contributed by atoms with Gasteiger partial charge in [0.25, 0.3) is 5.56 Å². The number of hydrogen-bond donors (Lipinski definition) is 0. The molecule has 3 aromatic rings. The average Bonchev–Trinajstić information content (AvgIpc) is 2.78. The van der Waals surface area contributed by atoms with Crippen LogP contribution in [0.4, 0.5) is 0 Å². The number of likely N-dealkylation sites (tertiary alicyclic amines) is 1. The summed E-state index contributed by atoms with van der Waals surface area (Å²) in [5.74, 6) is 0.252. The summed E-state index contributed by atoms with van der Waals surface area (Å²) in [6.07, 6.45) is 3.93. The van der Waals surface area contributed by atoms with Crippen LogP contribution in [0.5, 0.6) is 0 Å². The average molecular weight is 409 g/mol. The van der Waals surface area contributed by atoms with Gasteiger partial charge in [-0.25, -0.2) is 9.78 Å². The molecule has 3 aromatic heterocycles. The molecule has 8 nitrogen and oxygen atoms in total. The normalized spacial score (nSPS) is 17.5. The van der Waals surface area contributed by atoms with Crippen molar-refractivity contribution in [1.82, 2.24) is 24.0 Å². The molecule has 1 aliphatic rings. The predicted molar refractivity (Wildman–Crippen MR) is 115 cm³/mol. The lowest BCUT2D eigenvalue weighted by Crippen LogP contribution is -2.39. The summed E-state index contributed by atoms with van der Waals surface area (Å²) in [7, 11) is 3.09. The van der Waals surface area contributed by atoms with Crippen molar-refractivity contribution < 1.29 is 4.74 Å². The van der Waals surface area contributed by atoms with Crippen molar-refractivity contribution >= 4 is 11.0 Å². The summed E-state index contributed by atoms with van der Waals surface area (Å²) in [5.41, 5.74) is 1.74. The first-order valence-corrected chi connectivity index (χ1v) is 10.3. The van der Waals surface area contributed by atoms with Crippen LogP contribution in [0.1, 0.15) is 30.1 Å². The van der Waals surface area contributed by atoms with E-state index in [1.807, 2.05) is 30.5 Å². The lowest BCUT2D eigenvalue weighted by atomic mass is 9.94. The Kier molecular flexibility index (Phi) is 6.06. The Morgan fingerprint density at radius 2 is 2.07 bits per heavy atom. The van der Waals surface area contributed by atoms with E-state index in [0.29, 0.717) is 24.2 Å². The molecule has 0 aromatic carbocycles. The van der Waals surface area contributed by atoms with Crippen LogP contribution in [0.15, 0.2) is 46.1 Å². The molecular formula is C22H27N5O3. The lowest BCUT2D eigenvalue weighted by Gasteiger charge is -2.32. The van der Waals surface area contributed by atoms with Gasteiger partial charge in [0.15, 0.2) is 0 Å². The van der Waals surface area contributed by atoms with Crippen LogP contribution in [0.2, 0.25) is 0 Å². The predicted octanol–water partition coefficient (Wildman–Crippen LogP) is 1.52. The van der Waals surface area contributed by atoms with Gasteiger partial charge in [-0.1, -0.05) is 6.07 Å².